The second-order valence-electron chi connectivity index (χ2n) is 3.88. The van der Waals surface area contributed by atoms with Gasteiger partial charge in [-0.2, -0.15) is 10.4 Å². The third-order valence-corrected chi connectivity index (χ3v) is 2.71. The van der Waals surface area contributed by atoms with Gasteiger partial charge < -0.3 is 5.11 Å². The van der Waals surface area contributed by atoms with Gasteiger partial charge in [0.05, 0.1) is 18.9 Å². The monoisotopic (exact) mass is 227 g/mol. The average Bonchev–Trinajstić information content (AvgIpc) is 2.78. The first kappa shape index (κ1) is 11.4. The van der Waals surface area contributed by atoms with Gasteiger partial charge >= 0.3 is 0 Å². The number of hydrogen-bond acceptors (Lipinski definition) is 3. The summed E-state index contributed by atoms with van der Waals surface area (Å²) in [4.78, 5) is 0. The Morgan fingerprint density at radius 3 is 2.88 bits per heavy atom. The zero-order chi connectivity index (χ0) is 12.3. The van der Waals surface area contributed by atoms with Crippen molar-refractivity contribution in [1.82, 2.24) is 9.78 Å². The van der Waals surface area contributed by atoms with Crippen molar-refractivity contribution in [2.24, 2.45) is 0 Å². The van der Waals surface area contributed by atoms with E-state index < -0.39 is 0 Å². The SMILES string of the molecule is Cc1cc(-c2cnn(CC#N)c2)ccc1CO. The minimum atomic E-state index is 0.0554. The van der Waals surface area contributed by atoms with E-state index in [1.807, 2.05) is 37.4 Å². The van der Waals surface area contributed by atoms with Crippen LogP contribution in [0.25, 0.3) is 11.1 Å². The highest BCUT2D eigenvalue weighted by Crippen LogP contribution is 2.21. The van der Waals surface area contributed by atoms with Crippen LogP contribution in [0.15, 0.2) is 30.6 Å². The molecule has 86 valence electrons. The number of hydrogen-bond donors (Lipinski definition) is 1. The summed E-state index contributed by atoms with van der Waals surface area (Å²) in [6, 6.07) is 7.92. The fourth-order valence-electron chi connectivity index (χ4n) is 1.72. The second kappa shape index (κ2) is 4.81. The van der Waals surface area contributed by atoms with Crippen LogP contribution in [-0.4, -0.2) is 14.9 Å². The van der Waals surface area contributed by atoms with E-state index in [1.54, 1.807) is 10.9 Å². The smallest absolute Gasteiger partial charge is 0.128 e. The van der Waals surface area contributed by atoms with Crippen molar-refractivity contribution in [2.45, 2.75) is 20.1 Å². The lowest BCUT2D eigenvalue weighted by Gasteiger charge is -2.04. The Morgan fingerprint density at radius 1 is 1.41 bits per heavy atom. The van der Waals surface area contributed by atoms with E-state index in [2.05, 4.69) is 5.10 Å². The van der Waals surface area contributed by atoms with Gasteiger partial charge in [0.25, 0.3) is 0 Å². The van der Waals surface area contributed by atoms with Crippen molar-refractivity contribution >= 4 is 0 Å². The number of aliphatic hydroxyl groups is 1. The first-order valence-corrected chi connectivity index (χ1v) is 5.34. The van der Waals surface area contributed by atoms with Crippen LogP contribution in [-0.2, 0) is 13.2 Å². The lowest BCUT2D eigenvalue weighted by molar-refractivity contribution is 0.281. The van der Waals surface area contributed by atoms with Crippen LogP contribution < -0.4 is 0 Å². The topological polar surface area (TPSA) is 61.8 Å². The molecule has 0 atom stereocenters. The molecule has 4 nitrogen and oxygen atoms in total. The highest BCUT2D eigenvalue weighted by Gasteiger charge is 2.04. The lowest BCUT2D eigenvalue weighted by atomic mass is 10.0. The molecule has 17 heavy (non-hydrogen) atoms. The van der Waals surface area contributed by atoms with E-state index in [4.69, 9.17) is 10.4 Å². The predicted molar refractivity (Wildman–Crippen MR) is 63.9 cm³/mol. The van der Waals surface area contributed by atoms with Gasteiger partial charge in [0.2, 0.25) is 0 Å². The Bertz CT molecular complexity index is 566. The van der Waals surface area contributed by atoms with Gasteiger partial charge in [-0.3, -0.25) is 4.68 Å². The van der Waals surface area contributed by atoms with Crippen LogP contribution in [0.5, 0.6) is 0 Å². The maximum Gasteiger partial charge on any atom is 0.128 e. The molecule has 0 unspecified atom stereocenters. The molecular weight excluding hydrogens is 214 g/mol. The molecular formula is C13H13N3O. The van der Waals surface area contributed by atoms with Crippen molar-refractivity contribution in [1.29, 1.82) is 5.26 Å². The van der Waals surface area contributed by atoms with Crippen molar-refractivity contribution in [2.75, 3.05) is 0 Å². The van der Waals surface area contributed by atoms with E-state index >= 15 is 0 Å². The van der Waals surface area contributed by atoms with Gasteiger partial charge in [0.15, 0.2) is 0 Å². The molecule has 0 radical (unpaired) electrons. The molecule has 0 saturated heterocycles. The van der Waals surface area contributed by atoms with Crippen LogP contribution in [0.3, 0.4) is 0 Å². The molecule has 1 heterocycles. The molecule has 2 aromatic rings. The van der Waals surface area contributed by atoms with Crippen LogP contribution in [0.2, 0.25) is 0 Å². The maximum absolute atomic E-state index is 9.10. The van der Waals surface area contributed by atoms with Crippen molar-refractivity contribution in [3.63, 3.8) is 0 Å². The van der Waals surface area contributed by atoms with Crippen molar-refractivity contribution in [3.05, 3.63) is 41.7 Å². The van der Waals surface area contributed by atoms with Gasteiger partial charge in [-0.15, -0.1) is 0 Å². The summed E-state index contributed by atoms with van der Waals surface area (Å²) in [7, 11) is 0. The molecule has 4 heteroatoms. The first-order chi connectivity index (χ1) is 8.24. The standard InChI is InChI=1S/C13H13N3O/c1-10-6-11(2-3-12(10)9-17)13-7-15-16(8-13)5-4-14/h2-3,6-8,17H,5,9H2,1H3. The predicted octanol–water partition coefficient (Wildman–Crippen LogP) is 1.87. The summed E-state index contributed by atoms with van der Waals surface area (Å²) in [6.45, 7) is 2.28. The number of aromatic nitrogens is 2. The fraction of sp³-hybridized carbons (Fsp3) is 0.231. The average molecular weight is 227 g/mol. The van der Waals surface area contributed by atoms with E-state index in [9.17, 15) is 0 Å². The highest BCUT2D eigenvalue weighted by atomic mass is 16.3. The molecule has 1 N–H and O–H groups in total. The molecule has 0 bridgehead atoms. The molecule has 2 rings (SSSR count). The number of nitrogens with zero attached hydrogens (tertiary/aromatic N) is 3. The summed E-state index contributed by atoms with van der Waals surface area (Å²) >= 11 is 0. The van der Waals surface area contributed by atoms with Crippen LogP contribution in [0, 0.1) is 18.3 Å². The summed E-state index contributed by atoms with van der Waals surface area (Å²) in [5, 5.41) is 21.8. The summed E-state index contributed by atoms with van der Waals surface area (Å²) in [5.41, 5.74) is 4.01. The van der Waals surface area contributed by atoms with Crippen molar-refractivity contribution in [3.8, 4) is 17.2 Å². The molecule has 0 spiro atoms. The van der Waals surface area contributed by atoms with Crippen LogP contribution in [0.1, 0.15) is 11.1 Å². The number of aryl methyl sites for hydroxylation is 1. The zero-order valence-electron chi connectivity index (χ0n) is 9.59. The summed E-state index contributed by atoms with van der Waals surface area (Å²) < 4.78 is 1.60. The quantitative estimate of drug-likeness (QED) is 0.870. The van der Waals surface area contributed by atoms with Gasteiger partial charge in [-0.1, -0.05) is 18.2 Å². The van der Waals surface area contributed by atoms with Gasteiger partial charge in [-0.25, -0.2) is 0 Å². The minimum Gasteiger partial charge on any atom is -0.392 e. The Balaban J connectivity index is 2.33. The van der Waals surface area contributed by atoms with E-state index in [1.165, 1.54) is 0 Å². The molecule has 0 amide bonds. The van der Waals surface area contributed by atoms with E-state index in [0.717, 1.165) is 22.3 Å². The first-order valence-electron chi connectivity index (χ1n) is 5.34. The van der Waals surface area contributed by atoms with Crippen LogP contribution >= 0.6 is 0 Å². The summed E-state index contributed by atoms with van der Waals surface area (Å²) in [6.07, 6.45) is 3.58. The fourth-order valence-corrected chi connectivity index (χ4v) is 1.72. The normalized spacial score (nSPS) is 10.2. The highest BCUT2D eigenvalue weighted by molar-refractivity contribution is 5.63. The lowest BCUT2D eigenvalue weighted by Crippen LogP contribution is -1.94. The van der Waals surface area contributed by atoms with E-state index in [0.29, 0.717) is 0 Å². The molecule has 0 saturated carbocycles. The number of benzene rings is 1. The number of aliphatic hydroxyl groups excluding tert-OH is 1. The third kappa shape index (κ3) is 2.35. The Hall–Kier alpha value is -2.12. The largest absolute Gasteiger partial charge is 0.392 e. The van der Waals surface area contributed by atoms with Gasteiger partial charge in [-0.05, 0) is 23.6 Å². The Labute approximate surface area is 99.7 Å². The molecule has 1 aromatic heterocycles. The van der Waals surface area contributed by atoms with Gasteiger partial charge in [0, 0.05) is 11.8 Å². The third-order valence-electron chi connectivity index (χ3n) is 2.71. The second-order valence-corrected chi connectivity index (χ2v) is 3.88. The molecule has 0 aliphatic rings. The molecule has 0 aliphatic carbocycles. The summed E-state index contributed by atoms with van der Waals surface area (Å²) in [5.74, 6) is 0. The Morgan fingerprint density at radius 2 is 2.24 bits per heavy atom. The van der Waals surface area contributed by atoms with Gasteiger partial charge in [0.1, 0.15) is 6.54 Å². The molecule has 1 aromatic carbocycles. The Kier molecular flexibility index (Phi) is 3.22. The van der Waals surface area contributed by atoms with Crippen molar-refractivity contribution < 1.29 is 5.11 Å². The number of rotatable bonds is 3. The maximum atomic E-state index is 9.10. The minimum absolute atomic E-state index is 0.0554. The van der Waals surface area contributed by atoms with E-state index in [-0.39, 0.29) is 13.2 Å². The zero-order valence-corrected chi connectivity index (χ0v) is 9.59. The molecule has 0 aliphatic heterocycles. The van der Waals surface area contributed by atoms with Crippen LogP contribution in [0.4, 0.5) is 0 Å². The molecule has 0 fully saturated rings. The number of nitriles is 1.